The first-order valence-electron chi connectivity index (χ1n) is 10.2. The SMILES string of the molecule is CCCCN(CCCC)c1cccc(CC(C(=O)OCC)C(=O)OCC)c1. The highest BCUT2D eigenvalue weighted by molar-refractivity contribution is 5.95. The zero-order chi connectivity index (χ0) is 20.1. The van der Waals surface area contributed by atoms with Gasteiger partial charge in [0.1, 0.15) is 0 Å². The number of ether oxygens (including phenoxy) is 2. The molecule has 27 heavy (non-hydrogen) atoms. The number of unbranched alkanes of at least 4 members (excludes halogenated alkanes) is 2. The van der Waals surface area contributed by atoms with E-state index in [1.165, 1.54) is 0 Å². The van der Waals surface area contributed by atoms with E-state index in [2.05, 4.69) is 30.9 Å². The van der Waals surface area contributed by atoms with Gasteiger partial charge < -0.3 is 14.4 Å². The Morgan fingerprint density at radius 3 is 1.96 bits per heavy atom. The molecule has 5 heteroatoms. The normalized spacial score (nSPS) is 10.7. The zero-order valence-corrected chi connectivity index (χ0v) is 17.3. The van der Waals surface area contributed by atoms with Crippen molar-refractivity contribution in [3.05, 3.63) is 29.8 Å². The number of benzene rings is 1. The van der Waals surface area contributed by atoms with E-state index in [9.17, 15) is 9.59 Å². The van der Waals surface area contributed by atoms with Crippen molar-refractivity contribution in [1.82, 2.24) is 0 Å². The van der Waals surface area contributed by atoms with Crippen LogP contribution in [0.25, 0.3) is 0 Å². The van der Waals surface area contributed by atoms with Gasteiger partial charge >= 0.3 is 11.9 Å². The minimum Gasteiger partial charge on any atom is -0.465 e. The lowest BCUT2D eigenvalue weighted by Crippen LogP contribution is -2.30. The van der Waals surface area contributed by atoms with Crippen molar-refractivity contribution in [3.8, 4) is 0 Å². The first kappa shape index (κ1) is 23.0. The van der Waals surface area contributed by atoms with Gasteiger partial charge in [0.2, 0.25) is 0 Å². The van der Waals surface area contributed by atoms with Gasteiger partial charge in [0.15, 0.2) is 5.92 Å². The van der Waals surface area contributed by atoms with Crippen LogP contribution >= 0.6 is 0 Å². The molecule has 0 bridgehead atoms. The molecule has 0 heterocycles. The Morgan fingerprint density at radius 2 is 1.48 bits per heavy atom. The topological polar surface area (TPSA) is 55.8 Å². The average Bonchev–Trinajstić information content (AvgIpc) is 2.66. The predicted octanol–water partition coefficient (Wildman–Crippen LogP) is 4.38. The molecule has 0 aliphatic heterocycles. The second-order valence-electron chi connectivity index (χ2n) is 6.62. The zero-order valence-electron chi connectivity index (χ0n) is 17.3. The molecule has 0 atom stereocenters. The standard InChI is InChI=1S/C22H35NO4/c1-5-9-14-23(15-10-6-2)19-13-11-12-18(16-19)17-20(21(24)26-7-3)22(25)27-8-4/h11-13,16,20H,5-10,14-15,17H2,1-4H3. The minimum atomic E-state index is -0.917. The van der Waals surface area contributed by atoms with Gasteiger partial charge in [0.05, 0.1) is 13.2 Å². The van der Waals surface area contributed by atoms with E-state index >= 15 is 0 Å². The van der Waals surface area contributed by atoms with Gasteiger partial charge in [0.25, 0.3) is 0 Å². The summed E-state index contributed by atoms with van der Waals surface area (Å²) in [4.78, 5) is 26.9. The highest BCUT2D eigenvalue weighted by atomic mass is 16.6. The number of hydrogen-bond acceptors (Lipinski definition) is 5. The third kappa shape index (κ3) is 8.02. The van der Waals surface area contributed by atoms with Gasteiger partial charge in [-0.3, -0.25) is 9.59 Å². The fourth-order valence-electron chi connectivity index (χ4n) is 2.93. The number of nitrogens with zero attached hydrogens (tertiary/aromatic N) is 1. The summed E-state index contributed by atoms with van der Waals surface area (Å²) in [7, 11) is 0. The molecule has 0 aliphatic carbocycles. The molecule has 0 spiro atoms. The molecule has 0 radical (unpaired) electrons. The first-order valence-corrected chi connectivity index (χ1v) is 10.2. The fraction of sp³-hybridized carbons (Fsp3) is 0.636. The number of rotatable bonds is 13. The molecule has 0 N–H and O–H groups in total. The molecule has 0 saturated carbocycles. The maximum absolute atomic E-state index is 12.2. The highest BCUT2D eigenvalue weighted by Crippen LogP contribution is 2.21. The minimum absolute atomic E-state index is 0.247. The molecule has 1 aromatic carbocycles. The van der Waals surface area contributed by atoms with E-state index in [0.29, 0.717) is 6.42 Å². The maximum atomic E-state index is 12.2. The third-order valence-corrected chi connectivity index (χ3v) is 4.42. The molecule has 0 aromatic heterocycles. The van der Waals surface area contributed by atoms with Gasteiger partial charge in [-0.05, 0) is 50.8 Å². The van der Waals surface area contributed by atoms with Crippen LogP contribution in [0, 0.1) is 5.92 Å². The number of esters is 2. The van der Waals surface area contributed by atoms with Crippen LogP contribution in [0.5, 0.6) is 0 Å². The molecule has 0 unspecified atom stereocenters. The van der Waals surface area contributed by atoms with Crippen LogP contribution in [0.2, 0.25) is 0 Å². The Bertz CT molecular complexity index is 547. The third-order valence-electron chi connectivity index (χ3n) is 4.42. The summed E-state index contributed by atoms with van der Waals surface area (Å²) in [6, 6.07) is 8.12. The summed E-state index contributed by atoms with van der Waals surface area (Å²) in [5, 5.41) is 0. The van der Waals surface area contributed by atoms with Gasteiger partial charge in [-0.15, -0.1) is 0 Å². The molecule has 0 amide bonds. The van der Waals surface area contributed by atoms with Crippen molar-refractivity contribution in [2.24, 2.45) is 5.92 Å². The number of hydrogen-bond donors (Lipinski definition) is 0. The Balaban J connectivity index is 2.98. The van der Waals surface area contributed by atoms with Crippen LogP contribution in [0.1, 0.15) is 58.9 Å². The predicted molar refractivity (Wildman–Crippen MR) is 109 cm³/mol. The summed E-state index contributed by atoms with van der Waals surface area (Å²) in [5.41, 5.74) is 2.08. The highest BCUT2D eigenvalue weighted by Gasteiger charge is 2.29. The van der Waals surface area contributed by atoms with Gasteiger partial charge in [-0.25, -0.2) is 0 Å². The van der Waals surface area contributed by atoms with Crippen LogP contribution in [0.4, 0.5) is 5.69 Å². The summed E-state index contributed by atoms with van der Waals surface area (Å²) < 4.78 is 10.2. The van der Waals surface area contributed by atoms with Crippen molar-refractivity contribution in [3.63, 3.8) is 0 Å². The summed E-state index contributed by atoms with van der Waals surface area (Å²) >= 11 is 0. The molecular formula is C22H35NO4. The van der Waals surface area contributed by atoms with E-state index in [1.54, 1.807) is 13.8 Å². The Kier molecular flexibility index (Phi) is 11.2. The lowest BCUT2D eigenvalue weighted by Gasteiger charge is -2.25. The average molecular weight is 378 g/mol. The second kappa shape index (κ2) is 13.2. The van der Waals surface area contributed by atoms with Crippen molar-refractivity contribution < 1.29 is 19.1 Å². The number of carbonyl (C=O) groups excluding carboxylic acids is 2. The van der Waals surface area contributed by atoms with E-state index in [-0.39, 0.29) is 13.2 Å². The van der Waals surface area contributed by atoms with Crippen molar-refractivity contribution in [2.75, 3.05) is 31.2 Å². The van der Waals surface area contributed by atoms with Crippen LogP contribution in [-0.4, -0.2) is 38.2 Å². The Morgan fingerprint density at radius 1 is 0.926 bits per heavy atom. The largest absolute Gasteiger partial charge is 0.465 e. The molecule has 0 saturated heterocycles. The van der Waals surface area contributed by atoms with Gasteiger partial charge in [0, 0.05) is 18.8 Å². The van der Waals surface area contributed by atoms with Gasteiger partial charge in [-0.2, -0.15) is 0 Å². The van der Waals surface area contributed by atoms with Gasteiger partial charge in [-0.1, -0.05) is 38.8 Å². The number of anilines is 1. The van der Waals surface area contributed by atoms with E-state index in [0.717, 1.165) is 50.0 Å². The van der Waals surface area contributed by atoms with E-state index < -0.39 is 17.9 Å². The van der Waals surface area contributed by atoms with E-state index in [4.69, 9.17) is 9.47 Å². The van der Waals surface area contributed by atoms with Crippen LogP contribution in [0.15, 0.2) is 24.3 Å². The molecule has 1 aromatic rings. The smallest absolute Gasteiger partial charge is 0.320 e. The molecule has 1 rings (SSSR count). The summed E-state index contributed by atoms with van der Waals surface area (Å²) in [5.74, 6) is -1.95. The lowest BCUT2D eigenvalue weighted by atomic mass is 9.98. The van der Waals surface area contributed by atoms with Crippen LogP contribution < -0.4 is 4.90 Å². The Labute approximate surface area is 164 Å². The Hall–Kier alpha value is -2.04. The molecular weight excluding hydrogens is 342 g/mol. The monoisotopic (exact) mass is 377 g/mol. The number of carbonyl (C=O) groups is 2. The maximum Gasteiger partial charge on any atom is 0.320 e. The first-order chi connectivity index (χ1) is 13.1. The lowest BCUT2D eigenvalue weighted by molar-refractivity contribution is -0.161. The van der Waals surface area contributed by atoms with Crippen molar-refractivity contribution >= 4 is 17.6 Å². The molecule has 0 fully saturated rings. The van der Waals surface area contributed by atoms with Crippen LogP contribution in [0.3, 0.4) is 0 Å². The molecule has 0 aliphatic rings. The second-order valence-corrected chi connectivity index (χ2v) is 6.62. The summed E-state index contributed by atoms with van der Waals surface area (Å²) in [6.07, 6.45) is 4.87. The molecule has 5 nitrogen and oxygen atoms in total. The quantitative estimate of drug-likeness (QED) is 0.377. The molecule has 152 valence electrons. The van der Waals surface area contributed by atoms with E-state index in [1.807, 2.05) is 12.1 Å². The van der Waals surface area contributed by atoms with Crippen molar-refractivity contribution in [2.45, 2.75) is 59.8 Å². The summed E-state index contributed by atoms with van der Waals surface area (Å²) in [6.45, 7) is 10.4. The fourth-order valence-corrected chi connectivity index (χ4v) is 2.93. The van der Waals surface area contributed by atoms with Crippen molar-refractivity contribution in [1.29, 1.82) is 0 Å². The van der Waals surface area contributed by atoms with Crippen LogP contribution in [-0.2, 0) is 25.5 Å².